The Bertz CT molecular complexity index is 1370. The third-order valence-corrected chi connectivity index (χ3v) is 5.03. The molecule has 1 aromatic carbocycles. The van der Waals surface area contributed by atoms with E-state index in [9.17, 15) is 4.79 Å². The Labute approximate surface area is 177 Å². The summed E-state index contributed by atoms with van der Waals surface area (Å²) in [6, 6.07) is 14.9. The summed E-state index contributed by atoms with van der Waals surface area (Å²) in [6.07, 6.45) is 3.44. The molecule has 0 unspecified atom stereocenters. The number of pyridine rings is 1. The highest BCUT2D eigenvalue weighted by atomic mass is 16.5. The van der Waals surface area contributed by atoms with Crippen molar-refractivity contribution in [2.45, 2.75) is 13.5 Å². The van der Waals surface area contributed by atoms with Crippen LogP contribution in [0, 0.1) is 6.92 Å². The summed E-state index contributed by atoms with van der Waals surface area (Å²) in [5.41, 5.74) is 4.35. The van der Waals surface area contributed by atoms with E-state index < -0.39 is 0 Å². The van der Waals surface area contributed by atoms with Crippen molar-refractivity contribution in [2.24, 2.45) is 7.05 Å². The number of rotatable bonds is 5. The number of furan rings is 1. The van der Waals surface area contributed by atoms with Crippen LogP contribution < -0.4 is 5.32 Å². The van der Waals surface area contributed by atoms with E-state index in [0.29, 0.717) is 33.8 Å². The summed E-state index contributed by atoms with van der Waals surface area (Å²) in [5, 5.41) is 12.1. The molecular formula is C23H19N5O3. The number of carbonyl (C=O) groups is 1. The second-order valence-corrected chi connectivity index (χ2v) is 7.20. The highest BCUT2D eigenvalue weighted by Crippen LogP contribution is 2.33. The number of amides is 1. The standard InChI is InChI=1S/C23H19N5O3/c1-14-18(13-28(2)26-14)19-11-17(22(29)24-12-16-9-6-10-30-16)20-21(27-31-23(20)25-19)15-7-4-3-5-8-15/h3-11,13H,12H2,1-2H3,(H,24,29). The normalized spacial score (nSPS) is 11.2. The molecule has 0 atom stereocenters. The van der Waals surface area contributed by atoms with E-state index in [1.54, 1.807) is 23.1 Å². The lowest BCUT2D eigenvalue weighted by molar-refractivity contribution is 0.0949. The van der Waals surface area contributed by atoms with E-state index in [-0.39, 0.29) is 12.5 Å². The second kappa shape index (κ2) is 7.56. The molecule has 4 aromatic heterocycles. The SMILES string of the molecule is Cc1nn(C)cc1-c1cc(C(=O)NCc2ccco2)c2c(-c3ccccc3)noc2n1. The van der Waals surface area contributed by atoms with E-state index in [2.05, 4.69) is 20.6 Å². The van der Waals surface area contributed by atoms with Gasteiger partial charge in [-0.2, -0.15) is 5.10 Å². The van der Waals surface area contributed by atoms with Gasteiger partial charge in [0.2, 0.25) is 0 Å². The number of aryl methyl sites for hydroxylation is 2. The van der Waals surface area contributed by atoms with Gasteiger partial charge in [-0.25, -0.2) is 4.98 Å². The average molecular weight is 413 g/mol. The number of carbonyl (C=O) groups excluding carboxylic acids is 1. The Hall–Kier alpha value is -4.20. The molecule has 0 aliphatic rings. The van der Waals surface area contributed by atoms with E-state index in [1.807, 2.05) is 56.6 Å². The van der Waals surface area contributed by atoms with E-state index in [0.717, 1.165) is 16.8 Å². The summed E-state index contributed by atoms with van der Waals surface area (Å²) in [4.78, 5) is 17.9. The lowest BCUT2D eigenvalue weighted by Gasteiger charge is -2.08. The summed E-state index contributed by atoms with van der Waals surface area (Å²) in [5.74, 6) is 0.391. The fourth-order valence-corrected chi connectivity index (χ4v) is 3.59. The predicted octanol–water partition coefficient (Wildman–Crippen LogP) is 4.12. The monoisotopic (exact) mass is 413 g/mol. The highest BCUT2D eigenvalue weighted by Gasteiger charge is 2.23. The molecule has 5 rings (SSSR count). The van der Waals surface area contributed by atoms with E-state index in [1.165, 1.54) is 0 Å². The van der Waals surface area contributed by atoms with Crippen LogP contribution in [0.3, 0.4) is 0 Å². The topological polar surface area (TPSA) is 99.0 Å². The third-order valence-electron chi connectivity index (χ3n) is 5.03. The maximum atomic E-state index is 13.2. The van der Waals surface area contributed by atoms with Gasteiger partial charge < -0.3 is 14.3 Å². The summed E-state index contributed by atoms with van der Waals surface area (Å²) < 4.78 is 12.6. The molecule has 0 radical (unpaired) electrons. The van der Waals surface area contributed by atoms with Crippen molar-refractivity contribution in [2.75, 3.05) is 0 Å². The molecule has 0 saturated heterocycles. The molecule has 0 aliphatic carbocycles. The maximum absolute atomic E-state index is 13.2. The van der Waals surface area contributed by atoms with Crippen molar-refractivity contribution in [1.29, 1.82) is 0 Å². The van der Waals surface area contributed by atoms with Crippen LogP contribution >= 0.6 is 0 Å². The first-order valence-electron chi connectivity index (χ1n) is 9.77. The zero-order valence-corrected chi connectivity index (χ0v) is 17.0. The molecule has 0 bridgehead atoms. The van der Waals surface area contributed by atoms with Gasteiger partial charge in [0.25, 0.3) is 11.6 Å². The Morgan fingerprint density at radius 2 is 2.00 bits per heavy atom. The molecule has 0 aliphatic heterocycles. The quantitative estimate of drug-likeness (QED) is 0.465. The van der Waals surface area contributed by atoms with Crippen molar-refractivity contribution in [3.05, 3.63) is 78.0 Å². The van der Waals surface area contributed by atoms with E-state index in [4.69, 9.17) is 8.94 Å². The minimum absolute atomic E-state index is 0.267. The van der Waals surface area contributed by atoms with Crippen LogP contribution in [-0.2, 0) is 13.6 Å². The Morgan fingerprint density at radius 3 is 2.71 bits per heavy atom. The van der Waals surface area contributed by atoms with Gasteiger partial charge in [0, 0.05) is 24.4 Å². The lowest BCUT2D eigenvalue weighted by atomic mass is 10.0. The third kappa shape index (κ3) is 3.48. The van der Waals surface area contributed by atoms with E-state index >= 15 is 0 Å². The number of benzene rings is 1. The van der Waals surface area contributed by atoms with Gasteiger partial charge in [0.15, 0.2) is 0 Å². The second-order valence-electron chi connectivity index (χ2n) is 7.20. The first kappa shape index (κ1) is 18.8. The zero-order valence-electron chi connectivity index (χ0n) is 17.0. The minimum atomic E-state index is -0.271. The van der Waals surface area contributed by atoms with Crippen LogP contribution in [0.25, 0.3) is 33.6 Å². The van der Waals surface area contributed by atoms with Crippen LogP contribution in [0.4, 0.5) is 0 Å². The first-order chi connectivity index (χ1) is 15.1. The fourth-order valence-electron chi connectivity index (χ4n) is 3.59. The van der Waals surface area contributed by atoms with Crippen LogP contribution in [0.15, 0.2) is 69.9 Å². The average Bonchev–Trinajstić information content (AvgIpc) is 3.51. The van der Waals surface area contributed by atoms with Crippen LogP contribution in [0.2, 0.25) is 0 Å². The molecule has 1 amide bonds. The van der Waals surface area contributed by atoms with Gasteiger partial charge in [-0.3, -0.25) is 9.48 Å². The number of hydrogen-bond donors (Lipinski definition) is 1. The van der Waals surface area contributed by atoms with Crippen molar-refractivity contribution in [3.8, 4) is 22.5 Å². The van der Waals surface area contributed by atoms with Crippen molar-refractivity contribution in [1.82, 2.24) is 25.2 Å². The number of nitrogens with zero attached hydrogens (tertiary/aromatic N) is 4. The Kier molecular flexibility index (Phi) is 4.59. The van der Waals surface area contributed by atoms with Gasteiger partial charge in [-0.05, 0) is 25.1 Å². The predicted molar refractivity (Wildman–Crippen MR) is 114 cm³/mol. The molecule has 5 aromatic rings. The smallest absolute Gasteiger partial charge is 0.259 e. The lowest BCUT2D eigenvalue weighted by Crippen LogP contribution is -2.23. The minimum Gasteiger partial charge on any atom is -0.467 e. The number of nitrogens with one attached hydrogen (secondary N) is 1. The molecule has 31 heavy (non-hydrogen) atoms. The summed E-state index contributed by atoms with van der Waals surface area (Å²) >= 11 is 0. The molecular weight excluding hydrogens is 394 g/mol. The summed E-state index contributed by atoms with van der Waals surface area (Å²) in [6.45, 7) is 2.16. The van der Waals surface area contributed by atoms with Crippen LogP contribution in [0.1, 0.15) is 21.8 Å². The highest BCUT2D eigenvalue weighted by molar-refractivity contribution is 6.10. The Morgan fingerprint density at radius 1 is 1.16 bits per heavy atom. The van der Waals surface area contributed by atoms with Gasteiger partial charge in [0.1, 0.15) is 11.5 Å². The molecule has 8 nitrogen and oxygen atoms in total. The number of hydrogen-bond acceptors (Lipinski definition) is 6. The number of aromatic nitrogens is 4. The Balaban J connectivity index is 1.65. The summed E-state index contributed by atoms with van der Waals surface area (Å²) in [7, 11) is 1.84. The van der Waals surface area contributed by atoms with Gasteiger partial charge in [-0.15, -0.1) is 0 Å². The zero-order chi connectivity index (χ0) is 21.4. The maximum Gasteiger partial charge on any atom is 0.259 e. The molecule has 0 saturated carbocycles. The number of fused-ring (bicyclic) bond motifs is 1. The first-order valence-corrected chi connectivity index (χ1v) is 9.77. The largest absolute Gasteiger partial charge is 0.467 e. The molecule has 154 valence electrons. The molecule has 4 heterocycles. The van der Waals surface area contributed by atoms with Crippen LogP contribution in [-0.4, -0.2) is 25.8 Å². The van der Waals surface area contributed by atoms with Crippen molar-refractivity contribution >= 4 is 17.0 Å². The molecule has 0 spiro atoms. The fraction of sp³-hybridized carbons (Fsp3) is 0.130. The van der Waals surface area contributed by atoms with Crippen LogP contribution in [0.5, 0.6) is 0 Å². The van der Waals surface area contributed by atoms with Gasteiger partial charge >= 0.3 is 0 Å². The van der Waals surface area contributed by atoms with Gasteiger partial charge in [-0.1, -0.05) is 35.5 Å². The van der Waals surface area contributed by atoms with Crippen molar-refractivity contribution < 1.29 is 13.7 Å². The molecule has 0 fully saturated rings. The van der Waals surface area contributed by atoms with Crippen molar-refractivity contribution in [3.63, 3.8) is 0 Å². The molecule has 1 N–H and O–H groups in total. The van der Waals surface area contributed by atoms with Gasteiger partial charge in [0.05, 0.1) is 35.1 Å². The molecule has 8 heteroatoms.